The van der Waals surface area contributed by atoms with E-state index in [2.05, 4.69) is 5.32 Å². The number of hydrogen-bond acceptors (Lipinski definition) is 5. The maximum atomic E-state index is 13.0. The van der Waals surface area contributed by atoms with Crippen molar-refractivity contribution in [1.82, 2.24) is 0 Å². The minimum Gasteiger partial charge on any atom is -0.373 e. The molecule has 1 aliphatic rings. The van der Waals surface area contributed by atoms with E-state index in [1.807, 2.05) is 0 Å². The van der Waals surface area contributed by atoms with Gasteiger partial charge in [-0.25, -0.2) is 22.8 Å². The first-order valence-electron chi connectivity index (χ1n) is 7.27. The molecule has 3 rings (SSSR count). The highest BCUT2D eigenvalue weighted by atomic mass is 32.2. The number of imide groups is 1. The number of primary sulfonamides is 1. The third kappa shape index (κ3) is 3.52. The Balaban J connectivity index is 1.82. The fourth-order valence-corrected chi connectivity index (χ4v) is 3.13. The predicted molar refractivity (Wildman–Crippen MR) is 88.7 cm³/mol. The molecule has 0 saturated carbocycles. The van der Waals surface area contributed by atoms with Gasteiger partial charge < -0.3 is 5.32 Å². The average Bonchev–Trinajstić information content (AvgIpc) is 2.82. The molecule has 0 unspecified atom stereocenters. The first kappa shape index (κ1) is 17.1. The number of rotatable bonds is 4. The molecule has 0 radical (unpaired) electrons. The highest BCUT2D eigenvalue weighted by Crippen LogP contribution is 2.25. The molecular formula is C16H14FN3O4S. The lowest BCUT2D eigenvalue weighted by Crippen LogP contribution is -2.34. The number of nitrogens with one attached hydrogen (secondary N) is 1. The van der Waals surface area contributed by atoms with E-state index in [0.717, 1.165) is 17.0 Å². The fraction of sp³-hybridized carbons (Fsp3) is 0.125. The van der Waals surface area contributed by atoms with Crippen LogP contribution >= 0.6 is 0 Å². The summed E-state index contributed by atoms with van der Waals surface area (Å²) in [5, 5.41) is 7.92. The normalized spacial score (nSPS) is 17.8. The third-order valence-corrected chi connectivity index (χ3v) is 4.65. The smallest absolute Gasteiger partial charge is 0.256 e. The first-order valence-corrected chi connectivity index (χ1v) is 8.82. The van der Waals surface area contributed by atoms with Crippen LogP contribution in [0.2, 0.25) is 0 Å². The number of nitrogens with two attached hydrogens (primary N) is 1. The summed E-state index contributed by atoms with van der Waals surface area (Å²) in [6.07, 6.45) is -0.101. The van der Waals surface area contributed by atoms with Crippen LogP contribution in [0.5, 0.6) is 0 Å². The Kier molecular flexibility index (Phi) is 4.27. The summed E-state index contributed by atoms with van der Waals surface area (Å²) in [5.74, 6) is -1.41. The van der Waals surface area contributed by atoms with Crippen LogP contribution in [0.15, 0.2) is 53.4 Å². The quantitative estimate of drug-likeness (QED) is 0.794. The molecule has 9 heteroatoms. The van der Waals surface area contributed by atoms with Crippen LogP contribution in [0.4, 0.5) is 15.8 Å². The second kappa shape index (κ2) is 6.26. The van der Waals surface area contributed by atoms with Gasteiger partial charge in [-0.3, -0.25) is 9.59 Å². The summed E-state index contributed by atoms with van der Waals surface area (Å²) < 4.78 is 35.8. The van der Waals surface area contributed by atoms with Crippen molar-refractivity contribution in [2.75, 3.05) is 10.2 Å². The monoisotopic (exact) mass is 363 g/mol. The van der Waals surface area contributed by atoms with E-state index in [0.29, 0.717) is 5.69 Å². The third-order valence-electron chi connectivity index (χ3n) is 3.73. The summed E-state index contributed by atoms with van der Waals surface area (Å²) in [6.45, 7) is 0. The number of halogens is 1. The second-order valence-electron chi connectivity index (χ2n) is 5.52. The molecule has 3 N–H and O–H groups in total. The van der Waals surface area contributed by atoms with E-state index in [1.54, 1.807) is 6.07 Å². The SMILES string of the molecule is NS(=O)(=O)c1cccc(N[C@H]2CC(=O)N(c3ccc(F)cc3)C2=O)c1. The maximum absolute atomic E-state index is 13.0. The van der Waals surface area contributed by atoms with E-state index >= 15 is 0 Å². The van der Waals surface area contributed by atoms with Gasteiger partial charge in [0.1, 0.15) is 11.9 Å². The number of nitrogens with zero attached hydrogens (tertiary/aromatic N) is 1. The number of anilines is 2. The predicted octanol–water partition coefficient (Wildman–Crippen LogP) is 1.22. The molecule has 2 aromatic rings. The molecule has 0 bridgehead atoms. The molecule has 1 fully saturated rings. The molecule has 2 amide bonds. The van der Waals surface area contributed by atoms with Gasteiger partial charge in [-0.1, -0.05) is 6.07 Å². The molecule has 0 aromatic heterocycles. The molecule has 25 heavy (non-hydrogen) atoms. The Bertz CT molecular complexity index is 944. The number of carbonyl (C=O) groups is 2. The summed E-state index contributed by atoms with van der Waals surface area (Å²) >= 11 is 0. The van der Waals surface area contributed by atoms with Crippen molar-refractivity contribution in [1.29, 1.82) is 0 Å². The van der Waals surface area contributed by atoms with Crippen LogP contribution in [0, 0.1) is 5.82 Å². The number of hydrogen-bond donors (Lipinski definition) is 2. The molecule has 130 valence electrons. The number of amides is 2. The van der Waals surface area contributed by atoms with Gasteiger partial charge in [0.25, 0.3) is 5.91 Å². The van der Waals surface area contributed by atoms with Crippen LogP contribution in [0.1, 0.15) is 6.42 Å². The number of sulfonamides is 1. The molecule has 2 aromatic carbocycles. The Labute approximate surface area is 143 Å². The maximum Gasteiger partial charge on any atom is 0.256 e. The highest BCUT2D eigenvalue weighted by Gasteiger charge is 2.39. The average molecular weight is 363 g/mol. The molecule has 1 aliphatic heterocycles. The topological polar surface area (TPSA) is 110 Å². The summed E-state index contributed by atoms with van der Waals surface area (Å²) in [4.78, 5) is 25.5. The van der Waals surface area contributed by atoms with Gasteiger partial charge >= 0.3 is 0 Å². The molecule has 0 aliphatic carbocycles. The lowest BCUT2D eigenvalue weighted by atomic mass is 10.2. The van der Waals surface area contributed by atoms with E-state index in [9.17, 15) is 22.4 Å². The van der Waals surface area contributed by atoms with E-state index in [1.165, 1.54) is 30.3 Å². The fourth-order valence-electron chi connectivity index (χ4n) is 2.57. The second-order valence-corrected chi connectivity index (χ2v) is 7.08. The van der Waals surface area contributed by atoms with Crippen LogP contribution in [-0.4, -0.2) is 26.3 Å². The minimum absolute atomic E-state index is 0.101. The van der Waals surface area contributed by atoms with Gasteiger partial charge in [0, 0.05) is 5.69 Å². The molecule has 1 saturated heterocycles. The van der Waals surface area contributed by atoms with Gasteiger partial charge in [-0.15, -0.1) is 0 Å². The summed E-state index contributed by atoms with van der Waals surface area (Å²) in [5.41, 5.74) is 0.623. The molecule has 0 spiro atoms. The summed E-state index contributed by atoms with van der Waals surface area (Å²) in [7, 11) is -3.88. The van der Waals surface area contributed by atoms with Crippen molar-refractivity contribution < 1.29 is 22.4 Å². The van der Waals surface area contributed by atoms with E-state index in [4.69, 9.17) is 5.14 Å². The van der Waals surface area contributed by atoms with Gasteiger partial charge in [0.05, 0.1) is 17.0 Å². The Morgan fingerprint density at radius 1 is 1.12 bits per heavy atom. The van der Waals surface area contributed by atoms with Crippen LogP contribution in [-0.2, 0) is 19.6 Å². The van der Waals surface area contributed by atoms with Crippen molar-refractivity contribution in [3.05, 3.63) is 54.3 Å². The lowest BCUT2D eigenvalue weighted by molar-refractivity contribution is -0.121. The number of benzene rings is 2. The Morgan fingerprint density at radius 2 is 1.80 bits per heavy atom. The summed E-state index contributed by atoms with van der Waals surface area (Å²) in [6, 6.07) is 9.80. The largest absolute Gasteiger partial charge is 0.373 e. The molecule has 7 nitrogen and oxygen atoms in total. The Hall–Kier alpha value is -2.78. The molecular weight excluding hydrogens is 349 g/mol. The molecule has 1 atom stereocenters. The van der Waals surface area contributed by atoms with Crippen LogP contribution < -0.4 is 15.4 Å². The molecule has 1 heterocycles. The zero-order valence-electron chi connectivity index (χ0n) is 12.8. The highest BCUT2D eigenvalue weighted by molar-refractivity contribution is 7.89. The van der Waals surface area contributed by atoms with E-state index in [-0.39, 0.29) is 17.0 Å². The minimum atomic E-state index is -3.88. The van der Waals surface area contributed by atoms with Crippen LogP contribution in [0.25, 0.3) is 0 Å². The van der Waals surface area contributed by atoms with Gasteiger partial charge in [0.15, 0.2) is 0 Å². The van der Waals surface area contributed by atoms with Crippen molar-refractivity contribution in [3.8, 4) is 0 Å². The van der Waals surface area contributed by atoms with Gasteiger partial charge in [0.2, 0.25) is 15.9 Å². The van der Waals surface area contributed by atoms with Gasteiger partial charge in [-0.2, -0.15) is 0 Å². The van der Waals surface area contributed by atoms with Gasteiger partial charge in [-0.05, 0) is 42.5 Å². The van der Waals surface area contributed by atoms with E-state index < -0.39 is 33.7 Å². The van der Waals surface area contributed by atoms with Crippen molar-refractivity contribution >= 4 is 33.2 Å². The Morgan fingerprint density at radius 3 is 2.44 bits per heavy atom. The lowest BCUT2D eigenvalue weighted by Gasteiger charge is -2.16. The standard InChI is InChI=1S/C16H14FN3O4S/c17-10-4-6-12(7-5-10)20-15(21)9-14(16(20)22)19-11-2-1-3-13(8-11)25(18,23)24/h1-8,14,19H,9H2,(H2,18,23,24)/t14-/m0/s1. The zero-order chi connectivity index (χ0) is 18.2. The number of carbonyl (C=O) groups excluding carboxylic acids is 2. The zero-order valence-corrected chi connectivity index (χ0v) is 13.7. The first-order chi connectivity index (χ1) is 11.8. The van der Waals surface area contributed by atoms with Crippen molar-refractivity contribution in [3.63, 3.8) is 0 Å². The van der Waals surface area contributed by atoms with Crippen LogP contribution in [0.3, 0.4) is 0 Å². The van der Waals surface area contributed by atoms with Crippen molar-refractivity contribution in [2.45, 2.75) is 17.4 Å². The van der Waals surface area contributed by atoms with Crippen molar-refractivity contribution in [2.24, 2.45) is 5.14 Å².